The first-order valence-electron chi connectivity index (χ1n) is 9.62. The first-order valence-corrected chi connectivity index (χ1v) is 11.5. The van der Waals surface area contributed by atoms with E-state index in [-0.39, 0.29) is 42.2 Å². The molecule has 0 aliphatic carbocycles. The largest absolute Gasteiger partial charge is 0.394 e. The lowest BCUT2D eigenvalue weighted by Crippen LogP contribution is -2.27. The minimum Gasteiger partial charge on any atom is -0.394 e. The van der Waals surface area contributed by atoms with Crippen molar-refractivity contribution in [1.82, 2.24) is 15.0 Å². The Hall–Kier alpha value is -2.47. The maximum atomic E-state index is 14.1. The number of nitrogens with one attached hydrogen (secondary N) is 2. The Morgan fingerprint density at radius 2 is 1.61 bits per heavy atom. The summed E-state index contributed by atoms with van der Waals surface area (Å²) in [5.41, 5.74) is -0.331. The number of benzene rings is 1. The normalized spacial score (nSPS) is 13.8. The molecule has 0 amide bonds. The van der Waals surface area contributed by atoms with Crippen LogP contribution in [0.5, 0.6) is 0 Å². The number of nitrogens with zero attached hydrogens (tertiary/aromatic N) is 3. The first kappa shape index (κ1) is 24.8. The Morgan fingerprint density at radius 3 is 2.13 bits per heavy atom. The summed E-state index contributed by atoms with van der Waals surface area (Å²) in [4.78, 5) is 12.2. The van der Waals surface area contributed by atoms with Gasteiger partial charge in [-0.05, 0) is 18.3 Å². The molecule has 8 nitrogen and oxygen atoms in total. The number of halogens is 3. The van der Waals surface area contributed by atoms with Gasteiger partial charge in [0.05, 0.1) is 18.9 Å². The van der Waals surface area contributed by atoms with E-state index in [0.717, 1.165) is 6.26 Å². The minimum absolute atomic E-state index is 0.00287. The van der Waals surface area contributed by atoms with Crippen LogP contribution in [0.4, 0.5) is 25.1 Å². The van der Waals surface area contributed by atoms with Crippen molar-refractivity contribution in [2.24, 2.45) is 5.92 Å². The van der Waals surface area contributed by atoms with Gasteiger partial charge in [0.1, 0.15) is 23.3 Å². The van der Waals surface area contributed by atoms with Gasteiger partial charge in [-0.1, -0.05) is 20.8 Å². The van der Waals surface area contributed by atoms with E-state index in [1.54, 1.807) is 0 Å². The number of rotatable bonds is 10. The summed E-state index contributed by atoms with van der Waals surface area (Å²) in [6.07, 6.45) is 1.43. The molecule has 12 heteroatoms. The highest BCUT2D eigenvalue weighted by atomic mass is 32.2. The summed E-state index contributed by atoms with van der Waals surface area (Å²) >= 11 is 0. The van der Waals surface area contributed by atoms with Crippen molar-refractivity contribution in [1.29, 1.82) is 0 Å². The van der Waals surface area contributed by atoms with Gasteiger partial charge >= 0.3 is 0 Å². The molecule has 0 bridgehead atoms. The van der Waals surface area contributed by atoms with Gasteiger partial charge in [-0.15, -0.1) is 0 Å². The summed E-state index contributed by atoms with van der Waals surface area (Å²) in [5, 5.41) is 12.5. The summed E-state index contributed by atoms with van der Waals surface area (Å²) in [5.74, 6) is -3.85. The van der Waals surface area contributed by atoms with E-state index in [1.165, 1.54) is 6.92 Å². The van der Waals surface area contributed by atoms with Gasteiger partial charge in [0.15, 0.2) is 0 Å². The monoisotopic (exact) mass is 461 g/mol. The summed E-state index contributed by atoms with van der Waals surface area (Å²) < 4.78 is 66.8. The molecule has 2 atom stereocenters. The summed E-state index contributed by atoms with van der Waals surface area (Å²) in [7, 11) is -3.70. The lowest BCUT2D eigenvalue weighted by atomic mass is 9.96. The average molecular weight is 462 g/mol. The van der Waals surface area contributed by atoms with E-state index in [1.807, 2.05) is 13.8 Å². The number of hydrogen-bond acceptors (Lipinski definition) is 7. The quantitative estimate of drug-likeness (QED) is 0.498. The van der Waals surface area contributed by atoms with Crippen LogP contribution in [-0.2, 0) is 16.4 Å². The maximum absolute atomic E-state index is 14.1. The van der Waals surface area contributed by atoms with E-state index in [2.05, 4.69) is 25.0 Å². The second-order valence-electron chi connectivity index (χ2n) is 7.81. The van der Waals surface area contributed by atoms with Crippen molar-refractivity contribution in [3.63, 3.8) is 0 Å². The molecule has 0 spiro atoms. The third-order valence-electron chi connectivity index (χ3n) is 4.29. The third kappa shape index (κ3) is 7.62. The average Bonchev–Trinajstić information content (AvgIpc) is 2.57. The van der Waals surface area contributed by atoms with Gasteiger partial charge < -0.3 is 10.4 Å². The number of aliphatic hydroxyl groups is 1. The van der Waals surface area contributed by atoms with E-state index < -0.39 is 39.4 Å². The molecule has 0 saturated heterocycles. The van der Waals surface area contributed by atoms with Crippen LogP contribution in [0, 0.1) is 23.4 Å². The van der Waals surface area contributed by atoms with Crippen LogP contribution in [-0.4, -0.2) is 47.4 Å². The lowest BCUT2D eigenvalue weighted by molar-refractivity contribution is 0.259. The Labute approximate surface area is 179 Å². The Kier molecular flexibility index (Phi) is 8.18. The van der Waals surface area contributed by atoms with E-state index in [9.17, 15) is 26.7 Å². The molecule has 0 fully saturated rings. The molecular formula is C19H26F3N5O3S. The van der Waals surface area contributed by atoms with Crippen molar-refractivity contribution in [3.05, 3.63) is 41.0 Å². The van der Waals surface area contributed by atoms with Gasteiger partial charge in [0.25, 0.3) is 0 Å². The SMILES string of the molecule is CC(C)C[C@H](CO)Nc1nc(C[C@H](C)c2c(F)cc(F)cc2F)nc(NS(C)(=O)=O)n1. The van der Waals surface area contributed by atoms with Crippen LogP contribution in [0.2, 0.25) is 0 Å². The third-order valence-corrected chi connectivity index (χ3v) is 4.85. The fraction of sp³-hybridized carbons (Fsp3) is 0.526. The topological polar surface area (TPSA) is 117 Å². The van der Waals surface area contributed by atoms with Crippen molar-refractivity contribution >= 4 is 21.9 Å². The second kappa shape index (κ2) is 10.2. The predicted octanol–water partition coefficient (Wildman–Crippen LogP) is 2.83. The van der Waals surface area contributed by atoms with E-state index in [0.29, 0.717) is 18.6 Å². The molecule has 0 radical (unpaired) electrons. The molecule has 172 valence electrons. The van der Waals surface area contributed by atoms with Crippen molar-refractivity contribution in [2.75, 3.05) is 22.9 Å². The van der Waals surface area contributed by atoms with Gasteiger partial charge in [-0.3, -0.25) is 4.72 Å². The zero-order valence-electron chi connectivity index (χ0n) is 17.7. The van der Waals surface area contributed by atoms with Crippen LogP contribution in [0.1, 0.15) is 44.5 Å². The van der Waals surface area contributed by atoms with Gasteiger partial charge in [0.2, 0.25) is 21.9 Å². The summed E-state index contributed by atoms with van der Waals surface area (Å²) in [6.45, 7) is 5.23. The molecule has 1 heterocycles. The zero-order chi connectivity index (χ0) is 23.3. The fourth-order valence-electron chi connectivity index (χ4n) is 3.12. The van der Waals surface area contributed by atoms with Crippen LogP contribution in [0.25, 0.3) is 0 Å². The Bertz CT molecular complexity index is 998. The summed E-state index contributed by atoms with van der Waals surface area (Å²) in [6, 6.07) is 0.777. The molecule has 0 aliphatic heterocycles. The molecule has 0 saturated carbocycles. The van der Waals surface area contributed by atoms with Gasteiger partial charge in [0, 0.05) is 24.1 Å². The standard InChI is InChI=1S/C19H26F3N5O3S/c1-10(2)5-13(9-28)23-18-24-16(25-19(26-18)27-31(4,29)30)6-11(3)17-14(21)7-12(20)8-15(17)22/h7-8,10-11,13,28H,5-6,9H2,1-4H3,(H2,23,24,25,26,27)/t11-,13+/m0/s1. The van der Waals surface area contributed by atoms with Gasteiger partial charge in [-0.25, -0.2) is 21.6 Å². The van der Waals surface area contributed by atoms with Crippen LogP contribution in [0.3, 0.4) is 0 Å². The van der Waals surface area contributed by atoms with Crippen LogP contribution in [0.15, 0.2) is 12.1 Å². The minimum atomic E-state index is -3.70. The van der Waals surface area contributed by atoms with E-state index in [4.69, 9.17) is 0 Å². The number of aliphatic hydroxyl groups excluding tert-OH is 1. The van der Waals surface area contributed by atoms with Crippen LogP contribution < -0.4 is 10.0 Å². The lowest BCUT2D eigenvalue weighted by Gasteiger charge is -2.19. The van der Waals surface area contributed by atoms with Crippen molar-refractivity contribution in [2.45, 2.75) is 45.6 Å². The van der Waals surface area contributed by atoms with Crippen molar-refractivity contribution in [3.8, 4) is 0 Å². The fourth-order valence-corrected chi connectivity index (χ4v) is 3.54. The molecule has 2 rings (SSSR count). The molecular weight excluding hydrogens is 435 g/mol. The zero-order valence-corrected chi connectivity index (χ0v) is 18.5. The van der Waals surface area contributed by atoms with Crippen molar-refractivity contribution < 1.29 is 26.7 Å². The molecule has 3 N–H and O–H groups in total. The molecule has 1 aromatic heterocycles. The smallest absolute Gasteiger partial charge is 0.241 e. The highest BCUT2D eigenvalue weighted by molar-refractivity contribution is 7.91. The Balaban J connectivity index is 2.38. The predicted molar refractivity (Wildman–Crippen MR) is 111 cm³/mol. The van der Waals surface area contributed by atoms with E-state index >= 15 is 0 Å². The molecule has 1 aromatic carbocycles. The molecule has 0 unspecified atom stereocenters. The number of sulfonamides is 1. The molecule has 31 heavy (non-hydrogen) atoms. The number of hydrogen-bond donors (Lipinski definition) is 3. The second-order valence-corrected chi connectivity index (χ2v) is 9.56. The highest BCUT2D eigenvalue weighted by Gasteiger charge is 2.21. The number of aromatic nitrogens is 3. The Morgan fingerprint density at radius 1 is 1.03 bits per heavy atom. The van der Waals surface area contributed by atoms with Gasteiger partial charge in [-0.2, -0.15) is 15.0 Å². The molecule has 0 aliphatic rings. The highest BCUT2D eigenvalue weighted by Crippen LogP contribution is 2.26. The van der Waals surface area contributed by atoms with Crippen LogP contribution >= 0.6 is 0 Å². The first-order chi connectivity index (χ1) is 14.4. The maximum Gasteiger partial charge on any atom is 0.241 e. The molecule has 2 aromatic rings. The number of anilines is 2.